The standard InChI is InChI=1S/C14H17N3OS/c1-9-7-15-17(8-11-4-5-11)13(9)16-14(18)12-6-3-10(2)19-12/h3,6-7,11H,4-5,8H2,1-2H3,(H,16,18). The number of nitrogens with one attached hydrogen (secondary N) is 1. The topological polar surface area (TPSA) is 46.9 Å². The predicted molar refractivity (Wildman–Crippen MR) is 76.7 cm³/mol. The quantitative estimate of drug-likeness (QED) is 0.931. The van der Waals surface area contributed by atoms with Gasteiger partial charge in [-0.05, 0) is 44.7 Å². The molecule has 4 nitrogen and oxygen atoms in total. The van der Waals surface area contributed by atoms with E-state index in [0.29, 0.717) is 0 Å². The third-order valence-electron chi connectivity index (χ3n) is 3.35. The van der Waals surface area contributed by atoms with Crippen molar-refractivity contribution in [1.29, 1.82) is 0 Å². The van der Waals surface area contributed by atoms with Gasteiger partial charge in [-0.1, -0.05) is 0 Å². The zero-order chi connectivity index (χ0) is 13.4. The highest BCUT2D eigenvalue weighted by Crippen LogP contribution is 2.32. The first-order chi connectivity index (χ1) is 9.13. The number of anilines is 1. The lowest BCUT2D eigenvalue weighted by Crippen LogP contribution is -2.16. The molecule has 0 aliphatic heterocycles. The smallest absolute Gasteiger partial charge is 0.266 e. The monoisotopic (exact) mass is 275 g/mol. The van der Waals surface area contributed by atoms with Crippen LogP contribution in [0.15, 0.2) is 18.3 Å². The number of nitrogens with zero attached hydrogens (tertiary/aromatic N) is 2. The summed E-state index contributed by atoms with van der Waals surface area (Å²) in [5.74, 6) is 1.53. The molecule has 1 fully saturated rings. The maximum atomic E-state index is 12.2. The first-order valence-electron chi connectivity index (χ1n) is 6.53. The molecular formula is C14H17N3OS. The van der Waals surface area contributed by atoms with Crippen molar-refractivity contribution >= 4 is 23.1 Å². The minimum absolute atomic E-state index is 0.0428. The molecule has 1 saturated carbocycles. The SMILES string of the molecule is Cc1ccc(C(=O)Nc2c(C)cnn2CC2CC2)s1. The number of carbonyl (C=O) groups is 1. The molecule has 2 aromatic heterocycles. The average Bonchev–Trinajstić information content (AvgIpc) is 3.00. The van der Waals surface area contributed by atoms with Gasteiger partial charge in [0.2, 0.25) is 0 Å². The Kier molecular flexibility index (Phi) is 3.14. The van der Waals surface area contributed by atoms with Gasteiger partial charge in [0.1, 0.15) is 5.82 Å². The lowest BCUT2D eigenvalue weighted by Gasteiger charge is -2.08. The van der Waals surface area contributed by atoms with Crippen LogP contribution in [0.25, 0.3) is 0 Å². The third-order valence-corrected chi connectivity index (χ3v) is 4.35. The molecule has 0 unspecified atom stereocenters. The van der Waals surface area contributed by atoms with Gasteiger partial charge in [-0.15, -0.1) is 11.3 Å². The molecule has 1 amide bonds. The fourth-order valence-electron chi connectivity index (χ4n) is 2.05. The van der Waals surface area contributed by atoms with Gasteiger partial charge < -0.3 is 5.32 Å². The average molecular weight is 275 g/mol. The van der Waals surface area contributed by atoms with Crippen LogP contribution in [0.1, 0.15) is 33.0 Å². The summed E-state index contributed by atoms with van der Waals surface area (Å²) < 4.78 is 1.92. The Morgan fingerprint density at radius 3 is 2.89 bits per heavy atom. The summed E-state index contributed by atoms with van der Waals surface area (Å²) in [6, 6.07) is 3.83. The van der Waals surface area contributed by atoms with E-state index in [-0.39, 0.29) is 5.91 Å². The molecule has 100 valence electrons. The Morgan fingerprint density at radius 2 is 2.26 bits per heavy atom. The summed E-state index contributed by atoms with van der Waals surface area (Å²) in [5, 5.41) is 7.35. The molecule has 2 heterocycles. The second-order valence-corrected chi connectivity index (χ2v) is 6.45. The van der Waals surface area contributed by atoms with Crippen LogP contribution in [0.3, 0.4) is 0 Å². The number of aromatic nitrogens is 2. The first kappa shape index (κ1) is 12.4. The summed E-state index contributed by atoms with van der Waals surface area (Å²) >= 11 is 1.51. The molecule has 1 N–H and O–H groups in total. The van der Waals surface area contributed by atoms with Crippen molar-refractivity contribution in [2.45, 2.75) is 33.2 Å². The van der Waals surface area contributed by atoms with Crippen molar-refractivity contribution in [3.05, 3.63) is 33.6 Å². The number of hydrogen-bond acceptors (Lipinski definition) is 3. The Morgan fingerprint density at radius 1 is 1.47 bits per heavy atom. The van der Waals surface area contributed by atoms with Crippen LogP contribution in [0, 0.1) is 19.8 Å². The van der Waals surface area contributed by atoms with Gasteiger partial charge in [0.15, 0.2) is 0 Å². The molecular weight excluding hydrogens is 258 g/mol. The van der Waals surface area contributed by atoms with Crippen LogP contribution in [-0.4, -0.2) is 15.7 Å². The van der Waals surface area contributed by atoms with Crippen LogP contribution < -0.4 is 5.32 Å². The Hall–Kier alpha value is -1.62. The first-order valence-corrected chi connectivity index (χ1v) is 7.35. The van der Waals surface area contributed by atoms with E-state index >= 15 is 0 Å². The van der Waals surface area contributed by atoms with E-state index in [4.69, 9.17) is 0 Å². The van der Waals surface area contributed by atoms with Crippen LogP contribution in [-0.2, 0) is 6.54 Å². The van der Waals surface area contributed by atoms with Gasteiger partial charge in [-0.2, -0.15) is 5.10 Å². The van der Waals surface area contributed by atoms with Crippen LogP contribution >= 0.6 is 11.3 Å². The van der Waals surface area contributed by atoms with E-state index < -0.39 is 0 Å². The van der Waals surface area contributed by atoms with Gasteiger partial charge in [-0.3, -0.25) is 4.79 Å². The van der Waals surface area contributed by atoms with E-state index in [0.717, 1.165) is 33.6 Å². The Labute approximate surface area is 116 Å². The van der Waals surface area contributed by atoms with Crippen molar-refractivity contribution in [3.8, 4) is 0 Å². The fourth-order valence-corrected chi connectivity index (χ4v) is 2.81. The highest BCUT2D eigenvalue weighted by molar-refractivity contribution is 7.14. The van der Waals surface area contributed by atoms with E-state index in [2.05, 4.69) is 10.4 Å². The maximum Gasteiger partial charge on any atom is 0.266 e. The maximum absolute atomic E-state index is 12.2. The van der Waals surface area contributed by atoms with Crippen molar-refractivity contribution in [3.63, 3.8) is 0 Å². The molecule has 0 atom stereocenters. The molecule has 0 radical (unpaired) electrons. The number of aryl methyl sites for hydroxylation is 2. The zero-order valence-electron chi connectivity index (χ0n) is 11.1. The van der Waals surface area contributed by atoms with Crippen molar-refractivity contribution in [2.24, 2.45) is 5.92 Å². The molecule has 3 rings (SSSR count). The lowest BCUT2D eigenvalue weighted by atomic mass is 10.3. The molecule has 0 spiro atoms. The molecule has 1 aliphatic rings. The summed E-state index contributed by atoms with van der Waals surface area (Å²) in [7, 11) is 0. The van der Waals surface area contributed by atoms with E-state index in [1.807, 2.05) is 36.9 Å². The summed E-state index contributed by atoms with van der Waals surface area (Å²) in [6.45, 7) is 4.89. The van der Waals surface area contributed by atoms with Crippen LogP contribution in [0.5, 0.6) is 0 Å². The highest BCUT2D eigenvalue weighted by atomic mass is 32.1. The molecule has 0 aromatic carbocycles. The summed E-state index contributed by atoms with van der Waals surface area (Å²) in [5.41, 5.74) is 1.02. The number of carbonyl (C=O) groups excluding carboxylic acids is 1. The fraction of sp³-hybridized carbons (Fsp3) is 0.429. The zero-order valence-corrected chi connectivity index (χ0v) is 12.0. The van der Waals surface area contributed by atoms with Gasteiger partial charge in [0.05, 0.1) is 11.1 Å². The Balaban J connectivity index is 1.78. The summed E-state index contributed by atoms with van der Waals surface area (Å²) in [4.78, 5) is 14.1. The molecule has 0 saturated heterocycles. The second kappa shape index (κ2) is 4.81. The van der Waals surface area contributed by atoms with Crippen molar-refractivity contribution < 1.29 is 4.79 Å². The number of amides is 1. The van der Waals surface area contributed by atoms with E-state index in [1.165, 1.54) is 24.2 Å². The second-order valence-electron chi connectivity index (χ2n) is 5.17. The number of hydrogen-bond donors (Lipinski definition) is 1. The Bertz CT molecular complexity index is 610. The third kappa shape index (κ3) is 2.71. The normalized spacial score (nSPS) is 14.6. The number of rotatable bonds is 4. The van der Waals surface area contributed by atoms with Gasteiger partial charge in [0, 0.05) is 17.0 Å². The van der Waals surface area contributed by atoms with E-state index in [1.54, 1.807) is 0 Å². The highest BCUT2D eigenvalue weighted by Gasteiger charge is 2.24. The molecule has 1 aliphatic carbocycles. The molecule has 0 bridgehead atoms. The van der Waals surface area contributed by atoms with E-state index in [9.17, 15) is 4.79 Å². The molecule has 19 heavy (non-hydrogen) atoms. The van der Waals surface area contributed by atoms with Gasteiger partial charge in [-0.25, -0.2) is 4.68 Å². The minimum Gasteiger partial charge on any atom is -0.306 e. The molecule has 2 aromatic rings. The van der Waals surface area contributed by atoms with Crippen LogP contribution in [0.4, 0.5) is 5.82 Å². The van der Waals surface area contributed by atoms with Crippen molar-refractivity contribution in [1.82, 2.24) is 9.78 Å². The number of thiophene rings is 1. The van der Waals surface area contributed by atoms with Gasteiger partial charge >= 0.3 is 0 Å². The van der Waals surface area contributed by atoms with Gasteiger partial charge in [0.25, 0.3) is 5.91 Å². The van der Waals surface area contributed by atoms with Crippen molar-refractivity contribution in [2.75, 3.05) is 5.32 Å². The minimum atomic E-state index is -0.0428. The molecule has 5 heteroatoms. The summed E-state index contributed by atoms with van der Waals surface area (Å²) in [6.07, 6.45) is 4.37. The predicted octanol–water partition coefficient (Wildman–Crippen LogP) is 3.22. The largest absolute Gasteiger partial charge is 0.306 e. The van der Waals surface area contributed by atoms with Crippen LogP contribution in [0.2, 0.25) is 0 Å². The lowest BCUT2D eigenvalue weighted by molar-refractivity contribution is 0.102.